The molecular formula is C17H15Cl3N4OS2. The molecule has 3 aromatic rings. The number of nitrogens with one attached hydrogen (secondary N) is 1. The third kappa shape index (κ3) is 5.39. The zero-order valence-electron chi connectivity index (χ0n) is 14.2. The summed E-state index contributed by atoms with van der Waals surface area (Å²) in [6, 6.07) is 7.19. The highest BCUT2D eigenvalue weighted by Crippen LogP contribution is 2.34. The number of rotatable bonds is 7. The van der Waals surface area contributed by atoms with Crippen molar-refractivity contribution in [2.75, 3.05) is 5.32 Å². The van der Waals surface area contributed by atoms with Crippen molar-refractivity contribution in [1.29, 1.82) is 0 Å². The Morgan fingerprint density at radius 3 is 2.74 bits per heavy atom. The van der Waals surface area contributed by atoms with Crippen LogP contribution in [0.25, 0.3) is 0 Å². The highest BCUT2D eigenvalue weighted by Gasteiger charge is 2.20. The van der Waals surface area contributed by atoms with Crippen molar-refractivity contribution in [2.24, 2.45) is 0 Å². The van der Waals surface area contributed by atoms with Gasteiger partial charge >= 0.3 is 0 Å². The Hall–Kier alpha value is -1.25. The Balaban J connectivity index is 1.63. The van der Waals surface area contributed by atoms with Gasteiger partial charge in [-0.1, -0.05) is 52.6 Å². The molecule has 5 nitrogen and oxygen atoms in total. The first kappa shape index (κ1) is 20.5. The number of carbonyl (C=O) groups is 1. The van der Waals surface area contributed by atoms with E-state index in [2.05, 4.69) is 27.0 Å². The molecule has 1 unspecified atom stereocenters. The molecule has 0 saturated heterocycles. The fourth-order valence-electron chi connectivity index (χ4n) is 2.27. The Bertz CT molecular complexity index is 907. The van der Waals surface area contributed by atoms with E-state index in [0.29, 0.717) is 15.9 Å². The maximum Gasteiger partial charge on any atom is 0.237 e. The third-order valence-corrected chi connectivity index (χ3v) is 6.51. The van der Waals surface area contributed by atoms with Crippen LogP contribution in [0.3, 0.4) is 0 Å². The summed E-state index contributed by atoms with van der Waals surface area (Å²) in [6.07, 6.45) is 2.56. The van der Waals surface area contributed by atoms with Crippen molar-refractivity contribution in [2.45, 2.75) is 30.3 Å². The summed E-state index contributed by atoms with van der Waals surface area (Å²) < 4.78 is 1.94. The Labute approximate surface area is 180 Å². The maximum atomic E-state index is 12.5. The standard InChI is InChI=1S/C17H15Cl3N4OS2/c1-10(16(25)22-15-13(19)7-11(18)8-14(15)20)27-17-23-21-9-24(17)5-4-12-3-2-6-26-12/h2-3,6-10H,4-5H2,1H3,(H,22,25). The minimum absolute atomic E-state index is 0.237. The fourth-order valence-corrected chi connectivity index (χ4v) is 4.73. The number of carbonyl (C=O) groups excluding carboxylic acids is 1. The van der Waals surface area contributed by atoms with Crippen LogP contribution < -0.4 is 5.32 Å². The van der Waals surface area contributed by atoms with Gasteiger partial charge in [-0.05, 0) is 36.9 Å². The molecule has 1 amide bonds. The molecule has 1 atom stereocenters. The molecule has 2 heterocycles. The summed E-state index contributed by atoms with van der Waals surface area (Å²) in [5.41, 5.74) is 0.347. The average molecular weight is 462 g/mol. The highest BCUT2D eigenvalue weighted by atomic mass is 35.5. The van der Waals surface area contributed by atoms with Crippen LogP contribution in [0.5, 0.6) is 0 Å². The van der Waals surface area contributed by atoms with Gasteiger partial charge in [0.15, 0.2) is 5.16 Å². The molecule has 27 heavy (non-hydrogen) atoms. The lowest BCUT2D eigenvalue weighted by atomic mass is 10.3. The van der Waals surface area contributed by atoms with E-state index in [1.807, 2.05) is 10.6 Å². The predicted octanol–water partition coefficient (Wildman–Crippen LogP) is 5.66. The van der Waals surface area contributed by atoms with Gasteiger partial charge < -0.3 is 9.88 Å². The van der Waals surface area contributed by atoms with Crippen molar-refractivity contribution in [3.8, 4) is 0 Å². The van der Waals surface area contributed by atoms with Gasteiger partial charge in [0.2, 0.25) is 5.91 Å². The quantitative estimate of drug-likeness (QED) is 0.461. The first-order valence-electron chi connectivity index (χ1n) is 7.96. The number of nitrogens with zero attached hydrogens (tertiary/aromatic N) is 3. The van der Waals surface area contributed by atoms with E-state index in [4.69, 9.17) is 34.8 Å². The molecule has 0 saturated carbocycles. The zero-order valence-corrected chi connectivity index (χ0v) is 18.1. The lowest BCUT2D eigenvalue weighted by Gasteiger charge is -2.14. The van der Waals surface area contributed by atoms with Gasteiger partial charge in [0.1, 0.15) is 6.33 Å². The van der Waals surface area contributed by atoms with E-state index in [0.717, 1.165) is 13.0 Å². The van der Waals surface area contributed by atoms with Crippen LogP contribution in [0, 0.1) is 0 Å². The SMILES string of the molecule is CC(Sc1nncn1CCc1cccs1)C(=O)Nc1c(Cl)cc(Cl)cc1Cl. The van der Waals surface area contributed by atoms with Gasteiger partial charge in [0, 0.05) is 16.4 Å². The number of thiophene rings is 1. The molecule has 0 aliphatic carbocycles. The van der Waals surface area contributed by atoms with Gasteiger partial charge in [-0.3, -0.25) is 4.79 Å². The first-order valence-corrected chi connectivity index (χ1v) is 10.9. The maximum absolute atomic E-state index is 12.5. The molecule has 0 bridgehead atoms. The van der Waals surface area contributed by atoms with E-state index >= 15 is 0 Å². The van der Waals surface area contributed by atoms with Crippen LogP contribution in [-0.4, -0.2) is 25.9 Å². The van der Waals surface area contributed by atoms with Gasteiger partial charge in [0.25, 0.3) is 0 Å². The normalized spacial score (nSPS) is 12.1. The molecular weight excluding hydrogens is 447 g/mol. The average Bonchev–Trinajstić information content (AvgIpc) is 3.27. The molecule has 2 aromatic heterocycles. The van der Waals surface area contributed by atoms with Crippen LogP contribution >= 0.6 is 57.9 Å². The molecule has 1 aromatic carbocycles. The van der Waals surface area contributed by atoms with Gasteiger partial charge in [-0.15, -0.1) is 21.5 Å². The predicted molar refractivity (Wildman–Crippen MR) is 113 cm³/mol. The molecule has 0 fully saturated rings. The lowest BCUT2D eigenvalue weighted by Crippen LogP contribution is -2.23. The third-order valence-electron chi connectivity index (χ3n) is 3.67. The summed E-state index contributed by atoms with van der Waals surface area (Å²) in [6.45, 7) is 2.54. The summed E-state index contributed by atoms with van der Waals surface area (Å²) in [5.74, 6) is -0.237. The van der Waals surface area contributed by atoms with Gasteiger partial charge in [-0.2, -0.15) is 0 Å². The molecule has 0 aliphatic rings. The number of aromatic nitrogens is 3. The fraction of sp³-hybridized carbons (Fsp3) is 0.235. The zero-order chi connectivity index (χ0) is 19.4. The van der Waals surface area contributed by atoms with E-state index in [9.17, 15) is 4.79 Å². The molecule has 3 rings (SSSR count). The Morgan fingerprint density at radius 2 is 2.07 bits per heavy atom. The molecule has 0 spiro atoms. The number of hydrogen-bond donors (Lipinski definition) is 1. The second kappa shape index (κ2) is 9.30. The number of benzene rings is 1. The van der Waals surface area contributed by atoms with Gasteiger partial charge in [-0.25, -0.2) is 0 Å². The molecule has 1 N–H and O–H groups in total. The topological polar surface area (TPSA) is 59.8 Å². The van der Waals surface area contributed by atoms with E-state index in [1.165, 1.54) is 28.8 Å². The second-order valence-electron chi connectivity index (χ2n) is 5.63. The number of aryl methyl sites for hydroxylation is 2. The van der Waals surface area contributed by atoms with Crippen LogP contribution in [0.2, 0.25) is 15.1 Å². The Morgan fingerprint density at radius 1 is 1.33 bits per heavy atom. The first-order chi connectivity index (χ1) is 12.9. The number of hydrogen-bond acceptors (Lipinski definition) is 5. The van der Waals surface area contributed by atoms with E-state index < -0.39 is 5.25 Å². The number of halogens is 3. The monoisotopic (exact) mass is 460 g/mol. The minimum Gasteiger partial charge on any atom is -0.323 e. The van der Waals surface area contributed by atoms with E-state index in [1.54, 1.807) is 24.6 Å². The number of thioether (sulfide) groups is 1. The van der Waals surface area contributed by atoms with Crippen molar-refractivity contribution in [3.63, 3.8) is 0 Å². The summed E-state index contributed by atoms with van der Waals surface area (Å²) in [4.78, 5) is 13.8. The van der Waals surface area contributed by atoms with Crippen molar-refractivity contribution >= 4 is 69.5 Å². The molecule has 0 radical (unpaired) electrons. The van der Waals surface area contributed by atoms with Crippen molar-refractivity contribution < 1.29 is 4.79 Å². The summed E-state index contributed by atoms with van der Waals surface area (Å²) in [5, 5.41) is 14.1. The molecule has 0 aliphatic heterocycles. The lowest BCUT2D eigenvalue weighted by molar-refractivity contribution is -0.115. The highest BCUT2D eigenvalue weighted by molar-refractivity contribution is 8.00. The summed E-state index contributed by atoms with van der Waals surface area (Å²) in [7, 11) is 0. The minimum atomic E-state index is -0.419. The summed E-state index contributed by atoms with van der Waals surface area (Å²) >= 11 is 21.2. The molecule has 142 valence electrons. The van der Waals surface area contributed by atoms with Crippen LogP contribution in [-0.2, 0) is 17.8 Å². The van der Waals surface area contributed by atoms with Crippen LogP contribution in [0.15, 0.2) is 41.1 Å². The number of amides is 1. The van der Waals surface area contributed by atoms with Crippen molar-refractivity contribution in [3.05, 3.63) is 55.9 Å². The Kier molecular flexibility index (Phi) is 7.05. The van der Waals surface area contributed by atoms with Crippen LogP contribution in [0.1, 0.15) is 11.8 Å². The second-order valence-corrected chi connectivity index (χ2v) is 9.22. The smallest absolute Gasteiger partial charge is 0.237 e. The van der Waals surface area contributed by atoms with Gasteiger partial charge in [0.05, 0.1) is 21.0 Å². The largest absolute Gasteiger partial charge is 0.323 e. The van der Waals surface area contributed by atoms with Crippen LogP contribution in [0.4, 0.5) is 5.69 Å². The molecule has 10 heteroatoms. The number of anilines is 1. The van der Waals surface area contributed by atoms with Crippen molar-refractivity contribution in [1.82, 2.24) is 14.8 Å². The van der Waals surface area contributed by atoms with E-state index in [-0.39, 0.29) is 16.0 Å².